The van der Waals surface area contributed by atoms with E-state index in [4.69, 9.17) is 5.11 Å². The first-order chi connectivity index (χ1) is 6.13. The van der Waals surface area contributed by atoms with Crippen LogP contribution in [0.1, 0.15) is 20.3 Å². The van der Waals surface area contributed by atoms with Crippen molar-refractivity contribution >= 4 is 11.9 Å². The van der Waals surface area contributed by atoms with Crippen LogP contribution in [0.2, 0.25) is 0 Å². The lowest BCUT2D eigenvalue weighted by molar-refractivity contribution is -0.155. The number of carbonyl (C=O) groups excluding carboxylic acids is 1. The summed E-state index contributed by atoms with van der Waals surface area (Å²) >= 11 is 0. The molecule has 13 heavy (non-hydrogen) atoms. The maximum atomic E-state index is 11.0. The van der Waals surface area contributed by atoms with E-state index in [1.807, 2.05) is 6.92 Å². The molecule has 0 heterocycles. The van der Waals surface area contributed by atoms with E-state index in [2.05, 4.69) is 4.74 Å². The average molecular weight is 186 g/mol. The molecule has 1 unspecified atom stereocenters. The van der Waals surface area contributed by atoms with Crippen molar-refractivity contribution < 1.29 is 19.4 Å². The molecule has 0 bridgehead atoms. The van der Waals surface area contributed by atoms with Gasteiger partial charge >= 0.3 is 11.9 Å². The SMILES string of the molecule is CCC=CC(C(=O)O)C(=O)OCC. The van der Waals surface area contributed by atoms with E-state index >= 15 is 0 Å². The van der Waals surface area contributed by atoms with Gasteiger partial charge in [0, 0.05) is 0 Å². The van der Waals surface area contributed by atoms with E-state index in [0.29, 0.717) is 6.42 Å². The molecule has 0 saturated carbocycles. The number of carboxylic acids is 1. The van der Waals surface area contributed by atoms with Gasteiger partial charge in [-0.15, -0.1) is 0 Å². The third-order valence-corrected chi connectivity index (χ3v) is 1.37. The summed E-state index contributed by atoms with van der Waals surface area (Å²) in [5, 5.41) is 8.64. The van der Waals surface area contributed by atoms with Crippen molar-refractivity contribution in [3.63, 3.8) is 0 Å². The summed E-state index contributed by atoms with van der Waals surface area (Å²) in [6.07, 6.45) is 3.68. The number of aliphatic carboxylic acids is 1. The summed E-state index contributed by atoms with van der Waals surface area (Å²) in [6.45, 7) is 3.70. The van der Waals surface area contributed by atoms with Crippen molar-refractivity contribution in [2.24, 2.45) is 5.92 Å². The third kappa shape index (κ3) is 4.30. The van der Waals surface area contributed by atoms with Gasteiger partial charge in [0.1, 0.15) is 0 Å². The van der Waals surface area contributed by atoms with E-state index in [9.17, 15) is 9.59 Å². The van der Waals surface area contributed by atoms with Crippen LogP contribution in [-0.2, 0) is 14.3 Å². The first-order valence-electron chi connectivity index (χ1n) is 4.19. The van der Waals surface area contributed by atoms with Crippen molar-refractivity contribution in [1.82, 2.24) is 0 Å². The molecule has 1 N–H and O–H groups in total. The topological polar surface area (TPSA) is 63.6 Å². The Morgan fingerprint density at radius 2 is 2.08 bits per heavy atom. The minimum absolute atomic E-state index is 0.197. The number of rotatable bonds is 5. The molecule has 0 rings (SSSR count). The third-order valence-electron chi connectivity index (χ3n) is 1.37. The van der Waals surface area contributed by atoms with Crippen LogP contribution in [0.15, 0.2) is 12.2 Å². The first kappa shape index (κ1) is 11.7. The summed E-state index contributed by atoms with van der Waals surface area (Å²) in [6, 6.07) is 0. The lowest BCUT2D eigenvalue weighted by atomic mass is 10.1. The second-order valence-electron chi connectivity index (χ2n) is 2.40. The Hall–Kier alpha value is -1.32. The van der Waals surface area contributed by atoms with Crippen LogP contribution in [0, 0.1) is 5.92 Å². The summed E-state index contributed by atoms with van der Waals surface area (Å²) in [7, 11) is 0. The molecule has 0 radical (unpaired) electrons. The zero-order valence-electron chi connectivity index (χ0n) is 7.82. The van der Waals surface area contributed by atoms with Crippen LogP contribution in [0.5, 0.6) is 0 Å². The van der Waals surface area contributed by atoms with Crippen molar-refractivity contribution in [3.8, 4) is 0 Å². The quantitative estimate of drug-likeness (QED) is 0.398. The van der Waals surface area contributed by atoms with Crippen molar-refractivity contribution in [1.29, 1.82) is 0 Å². The normalized spacial score (nSPS) is 12.8. The van der Waals surface area contributed by atoms with Crippen LogP contribution in [-0.4, -0.2) is 23.7 Å². The van der Waals surface area contributed by atoms with Gasteiger partial charge in [0.2, 0.25) is 0 Å². The van der Waals surface area contributed by atoms with Gasteiger partial charge in [-0.2, -0.15) is 0 Å². The molecule has 0 aromatic heterocycles. The number of carboxylic acid groups (broad SMARTS) is 1. The zero-order chi connectivity index (χ0) is 10.3. The van der Waals surface area contributed by atoms with E-state index in [0.717, 1.165) is 0 Å². The predicted octanol–water partition coefficient (Wildman–Crippen LogP) is 1.22. The fraction of sp³-hybridized carbons (Fsp3) is 0.556. The van der Waals surface area contributed by atoms with E-state index < -0.39 is 17.9 Å². The number of esters is 1. The van der Waals surface area contributed by atoms with Crippen LogP contribution < -0.4 is 0 Å². The second-order valence-corrected chi connectivity index (χ2v) is 2.40. The first-order valence-corrected chi connectivity index (χ1v) is 4.19. The molecule has 0 aromatic rings. The Morgan fingerprint density at radius 1 is 1.46 bits per heavy atom. The molecule has 0 saturated heterocycles. The molecule has 0 aliphatic heterocycles. The summed E-state index contributed by atoms with van der Waals surface area (Å²) in [5.74, 6) is -3.05. The standard InChI is InChI=1S/C9H14O4/c1-3-5-6-7(8(10)11)9(12)13-4-2/h5-7H,3-4H2,1-2H3,(H,10,11). The van der Waals surface area contributed by atoms with Crippen LogP contribution >= 0.6 is 0 Å². The summed E-state index contributed by atoms with van der Waals surface area (Å²) in [4.78, 5) is 21.6. The highest BCUT2D eigenvalue weighted by molar-refractivity contribution is 5.95. The molecule has 0 aromatic carbocycles. The monoisotopic (exact) mass is 186 g/mol. The van der Waals surface area contributed by atoms with Gasteiger partial charge < -0.3 is 9.84 Å². The van der Waals surface area contributed by atoms with Crippen LogP contribution in [0.3, 0.4) is 0 Å². The molecule has 1 atom stereocenters. The van der Waals surface area contributed by atoms with Crippen molar-refractivity contribution in [2.45, 2.75) is 20.3 Å². The second kappa shape index (κ2) is 6.22. The number of carbonyl (C=O) groups is 2. The van der Waals surface area contributed by atoms with E-state index in [1.54, 1.807) is 13.0 Å². The van der Waals surface area contributed by atoms with Crippen LogP contribution in [0.4, 0.5) is 0 Å². The van der Waals surface area contributed by atoms with Gasteiger partial charge in [0.25, 0.3) is 0 Å². The fourth-order valence-electron chi connectivity index (χ4n) is 0.766. The number of hydrogen-bond donors (Lipinski definition) is 1. The molecular weight excluding hydrogens is 172 g/mol. The molecule has 0 spiro atoms. The van der Waals surface area contributed by atoms with E-state index in [-0.39, 0.29) is 6.61 Å². The average Bonchev–Trinajstić information content (AvgIpc) is 2.05. The lowest BCUT2D eigenvalue weighted by Gasteiger charge is -2.05. The molecular formula is C9H14O4. The molecule has 0 fully saturated rings. The van der Waals surface area contributed by atoms with Gasteiger partial charge in [0.05, 0.1) is 6.61 Å². The van der Waals surface area contributed by atoms with Crippen molar-refractivity contribution in [3.05, 3.63) is 12.2 Å². The van der Waals surface area contributed by atoms with Gasteiger partial charge in [0.15, 0.2) is 5.92 Å². The highest BCUT2D eigenvalue weighted by atomic mass is 16.5. The minimum Gasteiger partial charge on any atom is -0.480 e. The van der Waals surface area contributed by atoms with Crippen molar-refractivity contribution in [2.75, 3.05) is 6.61 Å². The highest BCUT2D eigenvalue weighted by Gasteiger charge is 2.23. The number of allylic oxidation sites excluding steroid dienone is 1. The van der Waals surface area contributed by atoms with E-state index in [1.165, 1.54) is 6.08 Å². The summed E-state index contributed by atoms with van der Waals surface area (Å²) in [5.41, 5.74) is 0. The number of ether oxygens (including phenoxy) is 1. The van der Waals surface area contributed by atoms with Gasteiger partial charge in [-0.05, 0) is 13.3 Å². The smallest absolute Gasteiger partial charge is 0.324 e. The highest BCUT2D eigenvalue weighted by Crippen LogP contribution is 2.03. The minimum atomic E-state index is -1.18. The molecule has 0 aliphatic rings. The Labute approximate surface area is 77.2 Å². The maximum absolute atomic E-state index is 11.0. The molecule has 0 aliphatic carbocycles. The largest absolute Gasteiger partial charge is 0.480 e. The molecule has 4 heteroatoms. The van der Waals surface area contributed by atoms with Gasteiger partial charge in [-0.1, -0.05) is 19.1 Å². The Balaban J connectivity index is 4.33. The Kier molecular flexibility index (Phi) is 5.59. The summed E-state index contributed by atoms with van der Waals surface area (Å²) < 4.78 is 4.59. The van der Waals surface area contributed by atoms with Crippen LogP contribution in [0.25, 0.3) is 0 Å². The predicted molar refractivity (Wildman–Crippen MR) is 47.2 cm³/mol. The molecule has 0 amide bonds. The Bertz CT molecular complexity index is 208. The van der Waals surface area contributed by atoms with Gasteiger partial charge in [-0.25, -0.2) is 0 Å². The maximum Gasteiger partial charge on any atom is 0.324 e. The molecule has 74 valence electrons. The fourth-order valence-corrected chi connectivity index (χ4v) is 0.766. The zero-order valence-corrected chi connectivity index (χ0v) is 7.82. The lowest BCUT2D eigenvalue weighted by Crippen LogP contribution is -2.23. The van der Waals surface area contributed by atoms with Gasteiger partial charge in [-0.3, -0.25) is 9.59 Å². The number of hydrogen-bond acceptors (Lipinski definition) is 3. The molecule has 4 nitrogen and oxygen atoms in total. The Morgan fingerprint density at radius 3 is 2.46 bits per heavy atom.